The van der Waals surface area contributed by atoms with Gasteiger partial charge in [-0.2, -0.15) is 4.98 Å². The van der Waals surface area contributed by atoms with Gasteiger partial charge in [0.05, 0.1) is 11.7 Å². The highest BCUT2D eigenvalue weighted by Gasteiger charge is 2.38. The number of hydrogen-bond acceptors (Lipinski definition) is 6. The van der Waals surface area contributed by atoms with Crippen LogP contribution in [0.2, 0.25) is 0 Å². The number of hydrogen-bond donors (Lipinski definition) is 3. The normalized spacial score (nSPS) is 23.5. The maximum atomic E-state index is 11.8. The highest BCUT2D eigenvalue weighted by Crippen LogP contribution is 2.41. The standard InChI is InChI=1S/C19H31N5O2/c1-4-26-14-9-7-13(8-10-14)22-18-21-11-15(16(20)25)17(23-18)24-19(2,3)12-5-6-12/h11-14H,4-10H2,1-3H3,(H2,20,25)(H2,21,22,23,24). The number of anilines is 2. The number of nitrogens with two attached hydrogens (primary N) is 1. The maximum Gasteiger partial charge on any atom is 0.254 e. The molecule has 7 nitrogen and oxygen atoms in total. The van der Waals surface area contributed by atoms with E-state index >= 15 is 0 Å². The van der Waals surface area contributed by atoms with Crippen molar-refractivity contribution >= 4 is 17.7 Å². The van der Waals surface area contributed by atoms with E-state index in [2.05, 4.69) is 34.4 Å². The van der Waals surface area contributed by atoms with Gasteiger partial charge in [0.2, 0.25) is 5.95 Å². The largest absolute Gasteiger partial charge is 0.379 e. The van der Waals surface area contributed by atoms with Crippen molar-refractivity contribution in [3.8, 4) is 0 Å². The van der Waals surface area contributed by atoms with Crippen molar-refractivity contribution in [2.24, 2.45) is 11.7 Å². The molecule has 2 saturated carbocycles. The quantitative estimate of drug-likeness (QED) is 0.658. The number of ether oxygens (including phenoxy) is 1. The van der Waals surface area contributed by atoms with Crippen molar-refractivity contribution in [2.45, 2.75) is 77.0 Å². The van der Waals surface area contributed by atoms with Crippen LogP contribution in [0.15, 0.2) is 6.20 Å². The molecule has 1 heterocycles. The second kappa shape index (κ2) is 7.78. The summed E-state index contributed by atoms with van der Waals surface area (Å²) in [5.41, 5.74) is 5.73. The molecule has 1 aromatic rings. The molecule has 0 radical (unpaired) electrons. The smallest absolute Gasteiger partial charge is 0.254 e. The summed E-state index contributed by atoms with van der Waals surface area (Å²) in [6.45, 7) is 7.09. The Morgan fingerprint density at radius 3 is 2.54 bits per heavy atom. The summed E-state index contributed by atoms with van der Waals surface area (Å²) in [6.07, 6.45) is 8.44. The summed E-state index contributed by atoms with van der Waals surface area (Å²) < 4.78 is 5.71. The van der Waals surface area contributed by atoms with Crippen LogP contribution in [-0.4, -0.2) is 40.2 Å². The number of aromatic nitrogens is 2. The number of carbonyl (C=O) groups excluding carboxylic acids is 1. The second-order valence-electron chi connectivity index (χ2n) is 8.01. The molecule has 1 amide bonds. The molecule has 0 saturated heterocycles. The lowest BCUT2D eigenvalue weighted by Gasteiger charge is -2.30. The van der Waals surface area contributed by atoms with Gasteiger partial charge in [0.1, 0.15) is 5.82 Å². The second-order valence-corrected chi connectivity index (χ2v) is 8.01. The molecule has 4 N–H and O–H groups in total. The Kier molecular flexibility index (Phi) is 5.65. The van der Waals surface area contributed by atoms with Crippen molar-refractivity contribution in [3.63, 3.8) is 0 Å². The van der Waals surface area contributed by atoms with E-state index in [0.717, 1.165) is 32.3 Å². The molecule has 3 rings (SSSR count). The van der Waals surface area contributed by atoms with Gasteiger partial charge in [-0.3, -0.25) is 4.79 Å². The Morgan fingerprint density at radius 1 is 1.27 bits per heavy atom. The Bertz CT molecular complexity index is 637. The van der Waals surface area contributed by atoms with E-state index < -0.39 is 5.91 Å². The summed E-state index contributed by atoms with van der Waals surface area (Å²) in [6, 6.07) is 0.329. The van der Waals surface area contributed by atoms with Gasteiger partial charge in [0.25, 0.3) is 5.91 Å². The topological polar surface area (TPSA) is 102 Å². The fourth-order valence-corrected chi connectivity index (χ4v) is 3.73. The average molecular weight is 361 g/mol. The number of amides is 1. The fraction of sp³-hybridized carbons (Fsp3) is 0.737. The third kappa shape index (κ3) is 4.63. The lowest BCUT2D eigenvalue weighted by atomic mass is 9.93. The molecule has 0 spiro atoms. The zero-order valence-electron chi connectivity index (χ0n) is 16.0. The van der Waals surface area contributed by atoms with Crippen molar-refractivity contribution in [2.75, 3.05) is 17.2 Å². The molecule has 144 valence electrons. The molecule has 0 unspecified atom stereocenters. The van der Waals surface area contributed by atoms with Gasteiger partial charge in [-0.25, -0.2) is 4.98 Å². The number of primary amides is 1. The molecule has 2 aliphatic carbocycles. The third-order valence-corrected chi connectivity index (χ3v) is 5.50. The van der Waals surface area contributed by atoms with Gasteiger partial charge >= 0.3 is 0 Å². The Morgan fingerprint density at radius 2 is 1.96 bits per heavy atom. The van der Waals surface area contributed by atoms with Crippen LogP contribution >= 0.6 is 0 Å². The van der Waals surface area contributed by atoms with Gasteiger partial charge in [0.15, 0.2) is 0 Å². The van der Waals surface area contributed by atoms with Crippen molar-refractivity contribution < 1.29 is 9.53 Å². The lowest BCUT2D eigenvalue weighted by Crippen LogP contribution is -2.35. The van der Waals surface area contributed by atoms with Crippen LogP contribution in [-0.2, 0) is 4.74 Å². The molecular formula is C19H31N5O2. The molecule has 0 bridgehead atoms. The van der Waals surface area contributed by atoms with Crippen LogP contribution in [0.4, 0.5) is 11.8 Å². The molecule has 7 heteroatoms. The van der Waals surface area contributed by atoms with E-state index in [1.807, 2.05) is 6.92 Å². The van der Waals surface area contributed by atoms with E-state index in [9.17, 15) is 4.79 Å². The molecular weight excluding hydrogens is 330 g/mol. The minimum Gasteiger partial charge on any atom is -0.379 e. The average Bonchev–Trinajstić information content (AvgIpc) is 3.42. The minimum absolute atomic E-state index is 0.120. The lowest BCUT2D eigenvalue weighted by molar-refractivity contribution is 0.0346. The van der Waals surface area contributed by atoms with E-state index in [0.29, 0.717) is 35.4 Å². The van der Waals surface area contributed by atoms with Gasteiger partial charge < -0.3 is 21.1 Å². The van der Waals surface area contributed by atoms with Crippen molar-refractivity contribution in [1.82, 2.24) is 9.97 Å². The van der Waals surface area contributed by atoms with Gasteiger partial charge in [-0.1, -0.05) is 0 Å². The predicted octanol–water partition coefficient (Wildman–Crippen LogP) is 2.94. The minimum atomic E-state index is -0.511. The molecule has 0 aliphatic heterocycles. The first-order chi connectivity index (χ1) is 12.4. The first-order valence-corrected chi connectivity index (χ1v) is 9.72. The Labute approximate surface area is 155 Å². The maximum absolute atomic E-state index is 11.8. The summed E-state index contributed by atoms with van der Waals surface area (Å²) in [5.74, 6) is 1.16. The molecule has 2 aliphatic rings. The van der Waals surface area contributed by atoms with Crippen LogP contribution in [0.1, 0.15) is 69.7 Å². The van der Waals surface area contributed by atoms with Crippen LogP contribution in [0.25, 0.3) is 0 Å². The number of carbonyl (C=O) groups is 1. The predicted molar refractivity (Wildman–Crippen MR) is 102 cm³/mol. The van der Waals surface area contributed by atoms with E-state index in [-0.39, 0.29) is 5.54 Å². The van der Waals surface area contributed by atoms with Crippen LogP contribution in [0, 0.1) is 5.92 Å². The molecule has 2 fully saturated rings. The Hall–Kier alpha value is -1.89. The van der Waals surface area contributed by atoms with E-state index in [4.69, 9.17) is 10.5 Å². The zero-order valence-corrected chi connectivity index (χ0v) is 16.0. The molecule has 0 aromatic carbocycles. The summed E-state index contributed by atoms with van der Waals surface area (Å²) in [5, 5.41) is 6.83. The highest BCUT2D eigenvalue weighted by atomic mass is 16.5. The van der Waals surface area contributed by atoms with Crippen LogP contribution < -0.4 is 16.4 Å². The van der Waals surface area contributed by atoms with E-state index in [1.54, 1.807) is 0 Å². The SMILES string of the molecule is CCOC1CCC(Nc2ncc(C(N)=O)c(NC(C)(C)C3CC3)n2)CC1. The monoisotopic (exact) mass is 361 g/mol. The van der Waals surface area contributed by atoms with Crippen molar-refractivity contribution in [3.05, 3.63) is 11.8 Å². The van der Waals surface area contributed by atoms with Gasteiger partial charge in [-0.05, 0) is 65.2 Å². The van der Waals surface area contributed by atoms with Crippen LogP contribution in [0.3, 0.4) is 0 Å². The first-order valence-electron chi connectivity index (χ1n) is 9.72. The highest BCUT2D eigenvalue weighted by molar-refractivity contribution is 5.97. The third-order valence-electron chi connectivity index (χ3n) is 5.50. The number of nitrogens with zero attached hydrogens (tertiary/aromatic N) is 2. The molecule has 26 heavy (non-hydrogen) atoms. The molecule has 0 atom stereocenters. The number of nitrogens with one attached hydrogen (secondary N) is 2. The van der Waals surface area contributed by atoms with Crippen molar-refractivity contribution in [1.29, 1.82) is 0 Å². The Balaban J connectivity index is 1.68. The zero-order chi connectivity index (χ0) is 18.7. The van der Waals surface area contributed by atoms with E-state index in [1.165, 1.54) is 19.0 Å². The summed E-state index contributed by atoms with van der Waals surface area (Å²) in [7, 11) is 0. The van der Waals surface area contributed by atoms with Gasteiger partial charge in [-0.15, -0.1) is 0 Å². The van der Waals surface area contributed by atoms with Crippen LogP contribution in [0.5, 0.6) is 0 Å². The molecule has 1 aromatic heterocycles. The summed E-state index contributed by atoms with van der Waals surface area (Å²) >= 11 is 0. The first kappa shape index (κ1) is 18.9. The number of rotatable bonds is 8. The summed E-state index contributed by atoms with van der Waals surface area (Å²) in [4.78, 5) is 20.6. The van der Waals surface area contributed by atoms with Gasteiger partial charge in [0, 0.05) is 24.4 Å². The fourth-order valence-electron chi connectivity index (χ4n) is 3.73.